The number of hydrogen-bond acceptors (Lipinski definition) is 4. The monoisotopic (exact) mass is 528 g/mol. The lowest BCUT2D eigenvalue weighted by Crippen LogP contribution is -2.46. The van der Waals surface area contributed by atoms with Crippen LogP contribution in [-0.4, -0.2) is 60.9 Å². The lowest BCUT2D eigenvalue weighted by Gasteiger charge is -2.33. The third kappa shape index (κ3) is 6.33. The minimum Gasteiger partial charge on any atom is -0.469 e. The zero-order chi connectivity index (χ0) is 20.6. The van der Waals surface area contributed by atoms with Crippen molar-refractivity contribution < 1.29 is 14.3 Å². The van der Waals surface area contributed by atoms with E-state index in [-0.39, 0.29) is 41.8 Å². The van der Waals surface area contributed by atoms with E-state index in [1.54, 1.807) is 0 Å². The van der Waals surface area contributed by atoms with Crippen LogP contribution in [0.25, 0.3) is 0 Å². The number of amides is 1. The number of rotatable bonds is 6. The summed E-state index contributed by atoms with van der Waals surface area (Å²) in [6.07, 6.45) is 2.82. The molecule has 1 saturated heterocycles. The normalized spacial score (nSPS) is 16.7. The van der Waals surface area contributed by atoms with Crippen LogP contribution in [0, 0.1) is 5.92 Å². The number of methoxy groups -OCH3 is 1. The first kappa shape index (κ1) is 24.4. The van der Waals surface area contributed by atoms with E-state index >= 15 is 0 Å². The summed E-state index contributed by atoms with van der Waals surface area (Å²) in [7, 11) is 1.45. The molecule has 0 aromatic heterocycles. The third-order valence-electron chi connectivity index (χ3n) is 5.67. The summed E-state index contributed by atoms with van der Waals surface area (Å²) in [5.74, 6) is 0.938. The van der Waals surface area contributed by atoms with Gasteiger partial charge >= 0.3 is 5.97 Å². The number of nitrogens with one attached hydrogen (secondary N) is 1. The Balaban J connectivity index is 0.00000320. The van der Waals surface area contributed by atoms with E-state index in [0.29, 0.717) is 13.0 Å². The molecular formula is C22H33IN4O3. The van der Waals surface area contributed by atoms with Crippen molar-refractivity contribution in [3.8, 4) is 0 Å². The van der Waals surface area contributed by atoms with Crippen LogP contribution in [-0.2, 0) is 27.4 Å². The molecule has 166 valence electrons. The molecule has 0 radical (unpaired) electrons. The van der Waals surface area contributed by atoms with E-state index in [4.69, 9.17) is 9.73 Å². The van der Waals surface area contributed by atoms with Gasteiger partial charge in [-0.05, 0) is 37.3 Å². The maximum atomic E-state index is 12.5. The van der Waals surface area contributed by atoms with E-state index in [0.717, 1.165) is 57.9 Å². The average Bonchev–Trinajstić information content (AvgIpc) is 3.20. The highest BCUT2D eigenvalue weighted by atomic mass is 127. The van der Waals surface area contributed by atoms with E-state index in [2.05, 4.69) is 22.3 Å². The molecule has 8 heteroatoms. The Morgan fingerprint density at radius 2 is 1.77 bits per heavy atom. The molecule has 1 aromatic carbocycles. The number of ether oxygens (including phenoxy) is 1. The lowest BCUT2D eigenvalue weighted by molar-refractivity contribution is -0.146. The molecule has 7 nitrogen and oxygen atoms in total. The molecule has 1 N–H and O–H groups in total. The Kier molecular flexibility index (Phi) is 9.87. The number of carbonyl (C=O) groups is 2. The van der Waals surface area contributed by atoms with Crippen molar-refractivity contribution in [3.63, 3.8) is 0 Å². The Morgan fingerprint density at radius 3 is 2.33 bits per heavy atom. The van der Waals surface area contributed by atoms with E-state index in [9.17, 15) is 9.59 Å². The first-order chi connectivity index (χ1) is 14.1. The second-order valence-electron chi connectivity index (χ2n) is 7.64. The number of piperidine rings is 1. The number of carbonyl (C=O) groups excluding carboxylic acids is 2. The minimum absolute atomic E-state index is 0. The molecule has 0 atom stereocenters. The molecule has 1 amide bonds. The SMILES string of the molecule is CCNC(=NCCCC(=O)N1Cc2ccccc2C1)N1CCC(C(=O)OC)CC1.I. The molecular weight excluding hydrogens is 495 g/mol. The van der Waals surface area contributed by atoms with Gasteiger partial charge in [-0.2, -0.15) is 0 Å². The second-order valence-corrected chi connectivity index (χ2v) is 7.64. The van der Waals surface area contributed by atoms with Crippen LogP contribution in [0.1, 0.15) is 43.7 Å². The summed E-state index contributed by atoms with van der Waals surface area (Å²) >= 11 is 0. The van der Waals surface area contributed by atoms with Gasteiger partial charge in [0.2, 0.25) is 5.91 Å². The number of benzene rings is 1. The van der Waals surface area contributed by atoms with Crippen LogP contribution in [0.3, 0.4) is 0 Å². The largest absolute Gasteiger partial charge is 0.469 e. The predicted molar refractivity (Wildman–Crippen MR) is 128 cm³/mol. The number of hydrogen-bond donors (Lipinski definition) is 1. The summed E-state index contributed by atoms with van der Waals surface area (Å²) in [5, 5.41) is 3.33. The predicted octanol–water partition coefficient (Wildman–Crippen LogP) is 2.78. The molecule has 0 spiro atoms. The van der Waals surface area contributed by atoms with Gasteiger partial charge in [-0.15, -0.1) is 24.0 Å². The van der Waals surface area contributed by atoms with Crippen LogP contribution >= 0.6 is 24.0 Å². The molecule has 3 rings (SSSR count). The van der Waals surface area contributed by atoms with Gasteiger partial charge in [-0.3, -0.25) is 14.6 Å². The molecule has 2 aliphatic heterocycles. The first-order valence-electron chi connectivity index (χ1n) is 10.6. The molecule has 0 unspecified atom stereocenters. The number of nitrogens with zero attached hydrogens (tertiary/aromatic N) is 3. The standard InChI is InChI=1S/C22H32N4O3.HI/c1-3-23-22(25-13-10-17(11-14-25)21(28)29-2)24-12-6-9-20(27)26-15-18-7-4-5-8-19(18)16-26;/h4-5,7-8,17H,3,6,9-16H2,1-2H3,(H,23,24);1H. The summed E-state index contributed by atoms with van der Waals surface area (Å²) < 4.78 is 4.86. The lowest BCUT2D eigenvalue weighted by atomic mass is 9.97. The van der Waals surface area contributed by atoms with Crippen molar-refractivity contribution in [2.75, 3.05) is 33.3 Å². The van der Waals surface area contributed by atoms with Crippen LogP contribution < -0.4 is 5.32 Å². The molecule has 0 aliphatic carbocycles. The van der Waals surface area contributed by atoms with Crippen molar-refractivity contribution >= 4 is 41.8 Å². The number of fused-ring (bicyclic) bond motifs is 1. The van der Waals surface area contributed by atoms with Crippen molar-refractivity contribution in [1.82, 2.24) is 15.1 Å². The van der Waals surface area contributed by atoms with Gasteiger partial charge < -0.3 is 19.9 Å². The number of esters is 1. The zero-order valence-corrected chi connectivity index (χ0v) is 20.3. The molecule has 0 bridgehead atoms. The number of halogens is 1. The van der Waals surface area contributed by atoms with Gasteiger partial charge in [-0.1, -0.05) is 24.3 Å². The molecule has 30 heavy (non-hydrogen) atoms. The quantitative estimate of drug-likeness (QED) is 0.202. The second kappa shape index (κ2) is 12.1. The van der Waals surface area contributed by atoms with Crippen molar-refractivity contribution in [2.24, 2.45) is 10.9 Å². The first-order valence-corrected chi connectivity index (χ1v) is 10.6. The summed E-state index contributed by atoms with van der Waals surface area (Å²) in [6, 6.07) is 8.24. The highest BCUT2D eigenvalue weighted by Gasteiger charge is 2.27. The topological polar surface area (TPSA) is 74.2 Å². The van der Waals surface area contributed by atoms with Crippen molar-refractivity contribution in [1.29, 1.82) is 0 Å². The fourth-order valence-corrected chi connectivity index (χ4v) is 4.00. The Morgan fingerprint density at radius 1 is 1.13 bits per heavy atom. The summed E-state index contributed by atoms with van der Waals surface area (Å²) in [5.41, 5.74) is 2.51. The molecule has 1 aromatic rings. The van der Waals surface area contributed by atoms with Gasteiger partial charge in [0, 0.05) is 45.7 Å². The number of aliphatic imine (C=N–C) groups is 1. The van der Waals surface area contributed by atoms with Gasteiger partial charge in [0.05, 0.1) is 13.0 Å². The Labute approximate surface area is 196 Å². The smallest absolute Gasteiger partial charge is 0.308 e. The van der Waals surface area contributed by atoms with Crippen LogP contribution in [0.4, 0.5) is 0 Å². The fourth-order valence-electron chi connectivity index (χ4n) is 4.00. The highest BCUT2D eigenvalue weighted by molar-refractivity contribution is 14.0. The van der Waals surface area contributed by atoms with Crippen LogP contribution in [0.5, 0.6) is 0 Å². The maximum absolute atomic E-state index is 12.5. The van der Waals surface area contributed by atoms with Gasteiger partial charge in [0.15, 0.2) is 5.96 Å². The van der Waals surface area contributed by atoms with E-state index < -0.39 is 0 Å². The van der Waals surface area contributed by atoms with Gasteiger partial charge in [0.25, 0.3) is 0 Å². The van der Waals surface area contributed by atoms with Gasteiger partial charge in [0.1, 0.15) is 0 Å². The zero-order valence-electron chi connectivity index (χ0n) is 17.9. The molecule has 2 aliphatic rings. The minimum atomic E-state index is -0.117. The number of likely N-dealkylation sites (tertiary alicyclic amines) is 1. The third-order valence-corrected chi connectivity index (χ3v) is 5.67. The summed E-state index contributed by atoms with van der Waals surface area (Å²) in [4.78, 5) is 33.1. The van der Waals surface area contributed by atoms with Crippen LogP contribution in [0.15, 0.2) is 29.3 Å². The fraction of sp³-hybridized carbons (Fsp3) is 0.591. The summed E-state index contributed by atoms with van der Waals surface area (Å²) in [6.45, 7) is 6.47. The maximum Gasteiger partial charge on any atom is 0.308 e. The van der Waals surface area contributed by atoms with Crippen molar-refractivity contribution in [2.45, 2.75) is 45.7 Å². The molecule has 2 heterocycles. The Hall–Kier alpha value is -1.84. The average molecular weight is 528 g/mol. The van der Waals surface area contributed by atoms with E-state index in [1.165, 1.54) is 18.2 Å². The highest BCUT2D eigenvalue weighted by Crippen LogP contribution is 2.23. The number of guanidine groups is 1. The molecule has 1 fully saturated rings. The van der Waals surface area contributed by atoms with Gasteiger partial charge in [-0.25, -0.2) is 0 Å². The molecule has 0 saturated carbocycles. The van der Waals surface area contributed by atoms with Crippen molar-refractivity contribution in [3.05, 3.63) is 35.4 Å². The van der Waals surface area contributed by atoms with Crippen LogP contribution in [0.2, 0.25) is 0 Å². The Bertz CT molecular complexity index is 723. The van der Waals surface area contributed by atoms with E-state index in [1.807, 2.05) is 24.0 Å².